The first-order valence-corrected chi connectivity index (χ1v) is 3.71. The Morgan fingerprint density at radius 2 is 2.10 bits per heavy atom. The smallest absolute Gasteiger partial charge is 0.103 e. The molecule has 0 aromatic heterocycles. The number of aliphatic hydroxyl groups is 2. The van der Waals surface area contributed by atoms with E-state index < -0.39 is 12.2 Å². The highest BCUT2D eigenvalue weighted by Crippen LogP contribution is 2.16. The van der Waals surface area contributed by atoms with Crippen LogP contribution in [0.5, 0.6) is 0 Å². The van der Waals surface area contributed by atoms with Gasteiger partial charge in [-0.25, -0.2) is 0 Å². The van der Waals surface area contributed by atoms with Gasteiger partial charge in [-0.3, -0.25) is 0 Å². The first-order chi connectivity index (χ1) is 4.74. The fraction of sp³-hybridized carbons (Fsp3) is 1.00. The van der Waals surface area contributed by atoms with Crippen LogP contribution in [-0.4, -0.2) is 35.1 Å². The van der Waals surface area contributed by atoms with Crippen molar-refractivity contribution in [3.63, 3.8) is 0 Å². The van der Waals surface area contributed by atoms with Crippen LogP contribution >= 0.6 is 0 Å². The van der Waals surface area contributed by atoms with Gasteiger partial charge in [-0.15, -0.1) is 0 Å². The molecule has 10 heavy (non-hydrogen) atoms. The van der Waals surface area contributed by atoms with Gasteiger partial charge in [-0.05, 0) is 6.42 Å². The molecule has 1 saturated heterocycles. The molecular formula is C7H14O3. The maximum absolute atomic E-state index is 9.15. The molecule has 0 saturated carbocycles. The lowest BCUT2D eigenvalue weighted by atomic mass is 10.0. The Morgan fingerprint density at radius 1 is 1.40 bits per heavy atom. The summed E-state index contributed by atoms with van der Waals surface area (Å²) in [7, 11) is 0. The van der Waals surface area contributed by atoms with E-state index in [0.29, 0.717) is 6.42 Å². The van der Waals surface area contributed by atoms with E-state index in [1.165, 1.54) is 0 Å². The highest BCUT2D eigenvalue weighted by Gasteiger charge is 2.26. The zero-order valence-corrected chi connectivity index (χ0v) is 6.16. The van der Waals surface area contributed by atoms with Crippen LogP contribution in [0.2, 0.25) is 0 Å². The average molecular weight is 146 g/mol. The molecule has 1 aliphatic heterocycles. The van der Waals surface area contributed by atoms with Gasteiger partial charge < -0.3 is 14.9 Å². The maximum Gasteiger partial charge on any atom is 0.103 e. The van der Waals surface area contributed by atoms with Crippen molar-refractivity contribution in [2.45, 2.75) is 38.1 Å². The lowest BCUT2D eigenvalue weighted by Crippen LogP contribution is -2.40. The normalized spacial score (nSPS) is 41.7. The predicted octanol–water partition coefficient (Wildman–Crippen LogP) is -0.0929. The van der Waals surface area contributed by atoms with Crippen LogP contribution in [0.4, 0.5) is 0 Å². The second kappa shape index (κ2) is 3.32. The molecular weight excluding hydrogens is 132 g/mol. The summed E-state index contributed by atoms with van der Waals surface area (Å²) in [6.45, 7) is 2.29. The van der Waals surface area contributed by atoms with Crippen LogP contribution in [0.1, 0.15) is 19.8 Å². The van der Waals surface area contributed by atoms with E-state index in [1.54, 1.807) is 0 Å². The van der Waals surface area contributed by atoms with Crippen molar-refractivity contribution in [3.8, 4) is 0 Å². The third kappa shape index (κ3) is 1.68. The lowest BCUT2D eigenvalue weighted by molar-refractivity contribution is -0.121. The zero-order chi connectivity index (χ0) is 7.56. The van der Waals surface area contributed by atoms with Crippen molar-refractivity contribution in [3.05, 3.63) is 0 Å². The molecule has 0 aromatic rings. The fourth-order valence-corrected chi connectivity index (χ4v) is 1.12. The summed E-state index contributed by atoms with van der Waals surface area (Å²) in [6, 6.07) is 0. The van der Waals surface area contributed by atoms with Crippen molar-refractivity contribution in [1.82, 2.24) is 0 Å². The Morgan fingerprint density at radius 3 is 2.60 bits per heavy atom. The lowest BCUT2D eigenvalue weighted by Gasteiger charge is -2.29. The molecule has 60 valence electrons. The number of hydrogen-bond donors (Lipinski definition) is 2. The summed E-state index contributed by atoms with van der Waals surface area (Å²) in [6.07, 6.45) is 0.349. The predicted molar refractivity (Wildman–Crippen MR) is 36.7 cm³/mol. The molecule has 3 heteroatoms. The van der Waals surface area contributed by atoms with E-state index in [4.69, 9.17) is 14.9 Å². The molecule has 0 radical (unpaired) electrons. The summed E-state index contributed by atoms with van der Waals surface area (Å²) in [5, 5.41) is 18.2. The van der Waals surface area contributed by atoms with Crippen molar-refractivity contribution < 1.29 is 14.9 Å². The van der Waals surface area contributed by atoms with Crippen LogP contribution in [0, 0.1) is 0 Å². The van der Waals surface area contributed by atoms with Crippen molar-refractivity contribution in [2.24, 2.45) is 0 Å². The van der Waals surface area contributed by atoms with Crippen LogP contribution in [0.3, 0.4) is 0 Å². The van der Waals surface area contributed by atoms with Crippen LogP contribution < -0.4 is 0 Å². The van der Waals surface area contributed by atoms with E-state index in [0.717, 1.165) is 6.42 Å². The summed E-state index contributed by atoms with van der Waals surface area (Å²) in [4.78, 5) is 0. The molecule has 1 fully saturated rings. The minimum Gasteiger partial charge on any atom is -0.390 e. The van der Waals surface area contributed by atoms with Crippen molar-refractivity contribution in [1.29, 1.82) is 0 Å². The highest BCUT2D eigenvalue weighted by atomic mass is 16.5. The van der Waals surface area contributed by atoms with Crippen LogP contribution in [0.25, 0.3) is 0 Å². The van der Waals surface area contributed by atoms with Crippen LogP contribution in [0.15, 0.2) is 0 Å². The first-order valence-electron chi connectivity index (χ1n) is 3.71. The second-order valence-corrected chi connectivity index (χ2v) is 2.73. The fourth-order valence-electron chi connectivity index (χ4n) is 1.12. The largest absolute Gasteiger partial charge is 0.390 e. The van der Waals surface area contributed by atoms with Gasteiger partial charge in [-0.2, -0.15) is 0 Å². The van der Waals surface area contributed by atoms with Gasteiger partial charge in [0.2, 0.25) is 0 Å². The van der Waals surface area contributed by atoms with Gasteiger partial charge in [0.15, 0.2) is 0 Å². The van der Waals surface area contributed by atoms with Gasteiger partial charge >= 0.3 is 0 Å². The molecule has 1 rings (SSSR count). The monoisotopic (exact) mass is 146 g/mol. The minimum atomic E-state index is -0.678. The van der Waals surface area contributed by atoms with E-state index in [2.05, 4.69) is 0 Å². The molecule has 2 N–H and O–H groups in total. The van der Waals surface area contributed by atoms with E-state index >= 15 is 0 Å². The SMILES string of the molecule is CCC1C[C@@H](O)C(O)CO1. The van der Waals surface area contributed by atoms with Gasteiger partial charge in [0.1, 0.15) is 6.10 Å². The average Bonchev–Trinajstić information content (AvgIpc) is 1.95. The summed E-state index contributed by atoms with van der Waals surface area (Å²) in [5.74, 6) is 0. The zero-order valence-electron chi connectivity index (χ0n) is 6.16. The quantitative estimate of drug-likeness (QED) is 0.543. The van der Waals surface area contributed by atoms with Gasteiger partial charge in [-0.1, -0.05) is 6.92 Å². The Kier molecular flexibility index (Phi) is 2.65. The number of hydrogen-bond acceptors (Lipinski definition) is 3. The molecule has 1 heterocycles. The van der Waals surface area contributed by atoms with E-state index in [-0.39, 0.29) is 12.7 Å². The van der Waals surface area contributed by atoms with Crippen molar-refractivity contribution >= 4 is 0 Å². The molecule has 0 bridgehead atoms. The molecule has 3 atom stereocenters. The number of rotatable bonds is 1. The molecule has 2 unspecified atom stereocenters. The van der Waals surface area contributed by atoms with Gasteiger partial charge in [0.25, 0.3) is 0 Å². The topological polar surface area (TPSA) is 49.7 Å². The van der Waals surface area contributed by atoms with Gasteiger partial charge in [0.05, 0.1) is 18.8 Å². The molecule has 0 aliphatic carbocycles. The summed E-state index contributed by atoms with van der Waals surface area (Å²) < 4.78 is 5.20. The number of ether oxygens (including phenoxy) is 1. The Hall–Kier alpha value is -0.120. The highest BCUT2D eigenvalue weighted by molar-refractivity contribution is 4.76. The second-order valence-electron chi connectivity index (χ2n) is 2.73. The van der Waals surface area contributed by atoms with Crippen molar-refractivity contribution in [2.75, 3.05) is 6.61 Å². The molecule has 0 aromatic carbocycles. The molecule has 0 amide bonds. The number of aliphatic hydroxyl groups excluding tert-OH is 2. The summed E-state index contributed by atoms with van der Waals surface area (Å²) >= 11 is 0. The summed E-state index contributed by atoms with van der Waals surface area (Å²) in [5.41, 5.74) is 0. The minimum absolute atomic E-state index is 0.137. The molecule has 3 nitrogen and oxygen atoms in total. The van der Waals surface area contributed by atoms with Crippen LogP contribution in [-0.2, 0) is 4.74 Å². The molecule has 0 spiro atoms. The third-order valence-corrected chi connectivity index (χ3v) is 1.91. The Bertz CT molecular complexity index is 105. The maximum atomic E-state index is 9.15. The van der Waals surface area contributed by atoms with E-state index in [9.17, 15) is 0 Å². The standard InChI is InChI=1S/C7H14O3/c1-2-5-3-6(8)7(9)4-10-5/h5-9H,2-4H2,1H3/t5?,6-,7?/m1/s1. The Balaban J connectivity index is 2.33. The van der Waals surface area contributed by atoms with Gasteiger partial charge in [0, 0.05) is 6.42 Å². The molecule has 1 aliphatic rings. The van der Waals surface area contributed by atoms with E-state index in [1.807, 2.05) is 6.92 Å². The third-order valence-electron chi connectivity index (χ3n) is 1.91. The first kappa shape index (κ1) is 7.98. The Labute approximate surface area is 60.6 Å².